The maximum Gasteiger partial charge on any atom is 0.387 e. The van der Waals surface area contributed by atoms with Gasteiger partial charge in [-0.2, -0.15) is 13.9 Å². The quantitative estimate of drug-likeness (QED) is 0.804. The van der Waals surface area contributed by atoms with Crippen LogP contribution in [0.3, 0.4) is 0 Å². The summed E-state index contributed by atoms with van der Waals surface area (Å²) < 4.78 is 30.0. The van der Waals surface area contributed by atoms with Gasteiger partial charge < -0.3 is 4.74 Å². The molecule has 3 nitrogen and oxygen atoms in total. The molecule has 0 aliphatic heterocycles. The Labute approximate surface area is 102 Å². The van der Waals surface area contributed by atoms with Crippen LogP contribution in [0.2, 0.25) is 0 Å². The van der Waals surface area contributed by atoms with Gasteiger partial charge in [0.25, 0.3) is 0 Å². The largest absolute Gasteiger partial charge is 0.431 e. The summed E-state index contributed by atoms with van der Waals surface area (Å²) in [7, 11) is 0. The highest BCUT2D eigenvalue weighted by atomic mass is 19.3. The number of hydrogen-bond donors (Lipinski definition) is 0. The maximum atomic E-state index is 12.0. The Morgan fingerprint density at radius 1 is 1.29 bits per heavy atom. The Balaban J connectivity index is 0.000000770. The van der Waals surface area contributed by atoms with Crippen LogP contribution in [-0.2, 0) is 6.42 Å². The van der Waals surface area contributed by atoms with Crippen LogP contribution in [0.25, 0.3) is 0 Å². The van der Waals surface area contributed by atoms with Gasteiger partial charge in [0.1, 0.15) is 0 Å². The second-order valence-electron chi connectivity index (χ2n) is 3.93. The molecule has 0 fully saturated rings. The number of halogens is 2. The summed E-state index contributed by atoms with van der Waals surface area (Å²) in [6, 6.07) is 0.153. The van der Waals surface area contributed by atoms with Gasteiger partial charge in [-0.05, 0) is 20.3 Å². The van der Waals surface area contributed by atoms with Gasteiger partial charge in [-0.1, -0.05) is 27.2 Å². The van der Waals surface area contributed by atoms with Crippen molar-refractivity contribution in [2.75, 3.05) is 0 Å². The highest BCUT2D eigenvalue weighted by Gasteiger charge is 2.15. The molecule has 0 radical (unpaired) electrons. The summed E-state index contributed by atoms with van der Waals surface area (Å²) in [6.45, 7) is 7.23. The summed E-state index contributed by atoms with van der Waals surface area (Å²) in [4.78, 5) is 0. The first-order valence-electron chi connectivity index (χ1n) is 5.98. The van der Waals surface area contributed by atoms with Crippen molar-refractivity contribution in [1.82, 2.24) is 9.78 Å². The number of nitrogens with zero attached hydrogens (tertiary/aromatic N) is 2. The molecule has 0 aliphatic rings. The SMILES string of the molecule is CCC.CCc1c(OC(F)F)cnn1C(C)C. The summed E-state index contributed by atoms with van der Waals surface area (Å²) >= 11 is 0. The smallest absolute Gasteiger partial charge is 0.387 e. The van der Waals surface area contributed by atoms with E-state index in [4.69, 9.17) is 0 Å². The van der Waals surface area contributed by atoms with Crippen LogP contribution in [0.4, 0.5) is 8.78 Å². The highest BCUT2D eigenvalue weighted by molar-refractivity contribution is 5.25. The average Bonchev–Trinajstić information content (AvgIpc) is 2.61. The minimum Gasteiger partial charge on any atom is -0.431 e. The molecular formula is C12H22F2N2O. The lowest BCUT2D eigenvalue weighted by Crippen LogP contribution is -2.09. The van der Waals surface area contributed by atoms with Gasteiger partial charge in [0.15, 0.2) is 5.75 Å². The third kappa shape index (κ3) is 5.15. The van der Waals surface area contributed by atoms with E-state index in [9.17, 15) is 8.78 Å². The lowest BCUT2D eigenvalue weighted by atomic mass is 10.3. The molecule has 0 amide bonds. The molecule has 0 spiro atoms. The normalized spacial score (nSPS) is 10.4. The third-order valence-electron chi connectivity index (χ3n) is 1.90. The topological polar surface area (TPSA) is 27.1 Å². The van der Waals surface area contributed by atoms with Crippen molar-refractivity contribution in [3.63, 3.8) is 0 Å². The molecule has 1 heterocycles. The first kappa shape index (κ1) is 15.9. The first-order valence-corrected chi connectivity index (χ1v) is 5.98. The summed E-state index contributed by atoms with van der Waals surface area (Å²) in [5.41, 5.74) is 0.709. The first-order chi connectivity index (χ1) is 7.97. The van der Waals surface area contributed by atoms with Crippen LogP contribution < -0.4 is 4.74 Å². The van der Waals surface area contributed by atoms with E-state index in [0.29, 0.717) is 12.1 Å². The van der Waals surface area contributed by atoms with Crippen LogP contribution in [0.15, 0.2) is 6.20 Å². The molecule has 1 rings (SSSR count). The predicted molar refractivity (Wildman–Crippen MR) is 64.6 cm³/mol. The average molecular weight is 248 g/mol. The van der Waals surface area contributed by atoms with E-state index < -0.39 is 6.61 Å². The van der Waals surface area contributed by atoms with E-state index in [1.807, 2.05) is 20.8 Å². The van der Waals surface area contributed by atoms with Crippen molar-refractivity contribution < 1.29 is 13.5 Å². The molecule has 0 unspecified atom stereocenters. The molecule has 0 atom stereocenters. The molecule has 100 valence electrons. The lowest BCUT2D eigenvalue weighted by molar-refractivity contribution is -0.0505. The van der Waals surface area contributed by atoms with Crippen molar-refractivity contribution >= 4 is 0 Å². The molecule has 0 saturated carbocycles. The fourth-order valence-corrected chi connectivity index (χ4v) is 1.35. The van der Waals surface area contributed by atoms with Crippen LogP contribution in [0.1, 0.15) is 52.8 Å². The standard InChI is InChI=1S/C9H14F2N2O.C3H8/c1-4-7-8(14-9(10)11)5-12-13(7)6(2)3;1-3-2/h5-6,9H,4H2,1-3H3;3H2,1-2H3. The van der Waals surface area contributed by atoms with Gasteiger partial charge in [0.2, 0.25) is 0 Å². The number of rotatable bonds is 4. The highest BCUT2D eigenvalue weighted by Crippen LogP contribution is 2.23. The van der Waals surface area contributed by atoms with Gasteiger partial charge >= 0.3 is 6.61 Å². The predicted octanol–water partition coefficient (Wildman–Crippen LogP) is 4.04. The van der Waals surface area contributed by atoms with Gasteiger partial charge in [0, 0.05) is 6.04 Å². The van der Waals surface area contributed by atoms with E-state index in [2.05, 4.69) is 23.7 Å². The van der Waals surface area contributed by atoms with Crippen molar-refractivity contribution in [3.05, 3.63) is 11.9 Å². The molecule has 0 saturated heterocycles. The Kier molecular flexibility index (Phi) is 7.50. The van der Waals surface area contributed by atoms with Crippen LogP contribution >= 0.6 is 0 Å². The van der Waals surface area contributed by atoms with Crippen LogP contribution in [-0.4, -0.2) is 16.4 Å². The van der Waals surface area contributed by atoms with Crippen molar-refractivity contribution in [3.8, 4) is 5.75 Å². The molecule has 17 heavy (non-hydrogen) atoms. The van der Waals surface area contributed by atoms with Crippen molar-refractivity contribution in [1.29, 1.82) is 0 Å². The van der Waals surface area contributed by atoms with Gasteiger partial charge in [-0.3, -0.25) is 4.68 Å². The zero-order valence-electron chi connectivity index (χ0n) is 11.2. The second kappa shape index (κ2) is 8.03. The van der Waals surface area contributed by atoms with Gasteiger partial charge in [-0.15, -0.1) is 0 Å². The van der Waals surface area contributed by atoms with Crippen molar-refractivity contribution in [2.24, 2.45) is 0 Å². The number of hydrogen-bond acceptors (Lipinski definition) is 2. The Morgan fingerprint density at radius 2 is 1.82 bits per heavy atom. The molecule has 0 N–H and O–H groups in total. The fourth-order valence-electron chi connectivity index (χ4n) is 1.35. The molecule has 5 heteroatoms. The van der Waals surface area contributed by atoms with Crippen LogP contribution in [0.5, 0.6) is 5.75 Å². The number of aromatic nitrogens is 2. The van der Waals surface area contributed by atoms with E-state index in [-0.39, 0.29) is 11.8 Å². The summed E-state index contributed by atoms with van der Waals surface area (Å²) in [5, 5.41) is 4.00. The fraction of sp³-hybridized carbons (Fsp3) is 0.750. The molecular weight excluding hydrogens is 226 g/mol. The molecule has 1 aromatic rings. The zero-order chi connectivity index (χ0) is 13.4. The zero-order valence-corrected chi connectivity index (χ0v) is 11.2. The maximum absolute atomic E-state index is 12.0. The van der Waals surface area contributed by atoms with E-state index in [0.717, 1.165) is 0 Å². The molecule has 0 bridgehead atoms. The molecule has 0 aromatic carbocycles. The van der Waals surface area contributed by atoms with Crippen LogP contribution in [0, 0.1) is 0 Å². The van der Waals surface area contributed by atoms with Gasteiger partial charge in [0.05, 0.1) is 11.9 Å². The number of ether oxygens (including phenoxy) is 1. The third-order valence-corrected chi connectivity index (χ3v) is 1.90. The Hall–Kier alpha value is -1.13. The second-order valence-corrected chi connectivity index (χ2v) is 3.93. The Morgan fingerprint density at radius 3 is 2.18 bits per heavy atom. The minimum atomic E-state index is -2.79. The summed E-state index contributed by atoms with van der Waals surface area (Å²) in [5.74, 6) is 0.177. The van der Waals surface area contributed by atoms with E-state index in [1.165, 1.54) is 12.6 Å². The van der Waals surface area contributed by atoms with E-state index >= 15 is 0 Å². The summed E-state index contributed by atoms with van der Waals surface area (Å²) in [6.07, 6.45) is 3.21. The molecule has 0 aliphatic carbocycles. The van der Waals surface area contributed by atoms with E-state index in [1.54, 1.807) is 4.68 Å². The van der Waals surface area contributed by atoms with Gasteiger partial charge in [-0.25, -0.2) is 0 Å². The lowest BCUT2D eigenvalue weighted by Gasteiger charge is -2.10. The Bertz CT molecular complexity index is 311. The molecule has 1 aromatic heterocycles. The monoisotopic (exact) mass is 248 g/mol. The van der Waals surface area contributed by atoms with Crippen molar-refractivity contribution in [2.45, 2.75) is 60.1 Å². The minimum absolute atomic E-state index is 0.153. The number of alkyl halides is 2.